The van der Waals surface area contributed by atoms with Gasteiger partial charge in [0.1, 0.15) is 35.9 Å². The predicted octanol–water partition coefficient (Wildman–Crippen LogP) is 1.49. The topological polar surface area (TPSA) is 127 Å². The number of ether oxygens (including phenoxy) is 3. The van der Waals surface area contributed by atoms with Gasteiger partial charge >= 0.3 is 5.97 Å². The van der Waals surface area contributed by atoms with Crippen LogP contribution in [-0.2, 0) is 40.0 Å². The first-order valence-electron chi connectivity index (χ1n) is 15.3. The molecule has 2 N–H and O–H groups in total. The summed E-state index contributed by atoms with van der Waals surface area (Å²) in [6.45, 7) is 0.643. The number of hydroxylamine groups is 2. The molecule has 3 saturated carbocycles. The van der Waals surface area contributed by atoms with Gasteiger partial charge in [-0.05, 0) is 72.7 Å². The Bertz CT molecular complexity index is 1290. The standard InChI is InChI=1S/C30H36IN3O8/c31-19-5-2-1-4-16(19)15-34-24-27(37)39-21-14-29(24,28(38)33-12-3-6-20(33)26(36)32-11-13-35)25(42-34)23-22(21)40-30(41-23,17-7-8-17)18-9-10-18/h1-2,4-5,17-18,20-25,35H,3,6-15H2,(H,32,36). The van der Waals surface area contributed by atoms with Crippen molar-refractivity contribution in [2.45, 2.75) is 93.8 Å². The molecule has 7 unspecified atom stereocenters. The van der Waals surface area contributed by atoms with Crippen molar-refractivity contribution in [2.24, 2.45) is 17.3 Å². The number of hydrogen-bond donors (Lipinski definition) is 2. The van der Waals surface area contributed by atoms with Gasteiger partial charge in [-0.15, -0.1) is 0 Å². The zero-order valence-electron chi connectivity index (χ0n) is 23.3. The summed E-state index contributed by atoms with van der Waals surface area (Å²) < 4.78 is 20.9. The molecule has 0 aromatic heterocycles. The minimum Gasteiger partial charge on any atom is -0.458 e. The quantitative estimate of drug-likeness (QED) is 0.308. The molecule has 226 valence electrons. The molecule has 4 saturated heterocycles. The van der Waals surface area contributed by atoms with Gasteiger partial charge < -0.3 is 29.5 Å². The number of rotatable bonds is 8. The number of aliphatic hydroxyl groups is 1. The highest BCUT2D eigenvalue weighted by molar-refractivity contribution is 14.1. The molecule has 1 aromatic rings. The van der Waals surface area contributed by atoms with Crippen molar-refractivity contribution in [2.75, 3.05) is 19.7 Å². The molecule has 11 nitrogen and oxygen atoms in total. The van der Waals surface area contributed by atoms with Crippen LogP contribution in [0.25, 0.3) is 0 Å². The van der Waals surface area contributed by atoms with Crippen molar-refractivity contribution in [3.8, 4) is 0 Å². The molecular weight excluding hydrogens is 657 g/mol. The van der Waals surface area contributed by atoms with E-state index in [0.29, 0.717) is 37.8 Å². The molecule has 3 aliphatic carbocycles. The van der Waals surface area contributed by atoms with Crippen molar-refractivity contribution >= 4 is 40.4 Å². The Kier molecular flexibility index (Phi) is 6.66. The molecule has 4 aliphatic heterocycles. The molecular formula is C30H36IN3O8. The Morgan fingerprint density at radius 3 is 2.52 bits per heavy atom. The molecule has 2 amide bonds. The Hall–Kier alpha value is -1.84. The summed E-state index contributed by atoms with van der Waals surface area (Å²) in [5, 5.41) is 13.6. The van der Waals surface area contributed by atoms with Crippen molar-refractivity contribution in [1.82, 2.24) is 15.3 Å². The summed E-state index contributed by atoms with van der Waals surface area (Å²) >= 11 is 2.27. The zero-order valence-corrected chi connectivity index (χ0v) is 25.4. The number of aliphatic hydroxyl groups excluding tert-OH is 1. The lowest BCUT2D eigenvalue weighted by molar-refractivity contribution is -0.235. The highest BCUT2D eigenvalue weighted by Gasteiger charge is 2.78. The van der Waals surface area contributed by atoms with Gasteiger partial charge in [0, 0.05) is 34.9 Å². The van der Waals surface area contributed by atoms with Crippen LogP contribution in [0.3, 0.4) is 0 Å². The SMILES string of the molecule is O=C(NCCO)C1CCCN1C(=O)C12CC3OC(=O)C1N(Cc1ccccc1I)OC2C1OC(C2CC2)(C2CC2)OC31. The van der Waals surface area contributed by atoms with Gasteiger partial charge in [0.05, 0.1) is 13.2 Å². The fraction of sp³-hybridized carbons (Fsp3) is 0.700. The first-order chi connectivity index (χ1) is 20.4. The average molecular weight is 694 g/mol. The van der Waals surface area contributed by atoms with E-state index in [-0.39, 0.29) is 31.4 Å². The lowest BCUT2D eigenvalue weighted by Crippen LogP contribution is -2.70. The van der Waals surface area contributed by atoms with E-state index in [1.807, 2.05) is 24.3 Å². The maximum Gasteiger partial charge on any atom is 0.327 e. The number of nitrogens with zero attached hydrogens (tertiary/aromatic N) is 2. The summed E-state index contributed by atoms with van der Waals surface area (Å²) in [6, 6.07) is 6.24. The van der Waals surface area contributed by atoms with Crippen LogP contribution in [0.15, 0.2) is 24.3 Å². The predicted molar refractivity (Wildman–Crippen MR) is 153 cm³/mol. The van der Waals surface area contributed by atoms with Crippen LogP contribution in [-0.4, -0.2) is 94.8 Å². The summed E-state index contributed by atoms with van der Waals surface area (Å²) in [7, 11) is 0. The molecule has 2 bridgehead atoms. The van der Waals surface area contributed by atoms with Crippen LogP contribution in [0, 0.1) is 20.8 Å². The van der Waals surface area contributed by atoms with Crippen LogP contribution >= 0.6 is 22.6 Å². The van der Waals surface area contributed by atoms with Crippen molar-refractivity contribution < 1.29 is 38.5 Å². The number of carbonyl (C=O) groups is 3. The first-order valence-corrected chi connectivity index (χ1v) is 16.4. The second-order valence-electron chi connectivity index (χ2n) is 12.9. The van der Waals surface area contributed by atoms with Gasteiger partial charge in [0.15, 0.2) is 11.8 Å². The maximum atomic E-state index is 14.9. The molecule has 12 heteroatoms. The third kappa shape index (κ3) is 4.04. The molecule has 7 aliphatic rings. The molecule has 42 heavy (non-hydrogen) atoms. The highest BCUT2D eigenvalue weighted by atomic mass is 127. The van der Waals surface area contributed by atoms with Crippen LogP contribution in [0.5, 0.6) is 0 Å². The Morgan fingerprint density at radius 2 is 1.81 bits per heavy atom. The summed E-state index contributed by atoms with van der Waals surface area (Å²) in [5.41, 5.74) is -0.310. The Balaban J connectivity index is 1.19. The Labute approximate surface area is 257 Å². The van der Waals surface area contributed by atoms with E-state index in [1.165, 1.54) is 0 Å². The molecule has 0 spiro atoms. The normalized spacial score (nSPS) is 38.3. The minimum absolute atomic E-state index is 0.119. The lowest BCUT2D eigenvalue weighted by Gasteiger charge is -2.50. The van der Waals surface area contributed by atoms with Crippen molar-refractivity contribution in [3.05, 3.63) is 33.4 Å². The van der Waals surface area contributed by atoms with Crippen LogP contribution in [0.1, 0.15) is 50.5 Å². The number of nitrogens with one attached hydrogen (secondary N) is 1. The van der Waals surface area contributed by atoms with Gasteiger partial charge in [-0.2, -0.15) is 5.06 Å². The third-order valence-electron chi connectivity index (χ3n) is 10.4. The van der Waals surface area contributed by atoms with Gasteiger partial charge in [0.25, 0.3) is 0 Å². The monoisotopic (exact) mass is 693 g/mol. The summed E-state index contributed by atoms with van der Waals surface area (Å²) in [6.07, 6.45) is 3.12. The molecule has 7 atom stereocenters. The van der Waals surface area contributed by atoms with Gasteiger partial charge in [0.2, 0.25) is 11.8 Å². The number of likely N-dealkylation sites (tertiary alicyclic amines) is 1. The van der Waals surface area contributed by atoms with Crippen molar-refractivity contribution in [3.63, 3.8) is 0 Å². The van der Waals surface area contributed by atoms with E-state index >= 15 is 0 Å². The fourth-order valence-corrected chi connectivity index (χ4v) is 8.85. The molecule has 1 aromatic carbocycles. The van der Waals surface area contributed by atoms with Gasteiger partial charge in [-0.25, -0.2) is 0 Å². The van der Waals surface area contributed by atoms with E-state index in [1.54, 1.807) is 9.96 Å². The smallest absolute Gasteiger partial charge is 0.327 e. The zero-order chi connectivity index (χ0) is 28.8. The van der Waals surface area contributed by atoms with Crippen molar-refractivity contribution in [1.29, 1.82) is 0 Å². The molecule has 4 heterocycles. The Morgan fingerprint density at radius 1 is 1.07 bits per heavy atom. The number of amides is 2. The summed E-state index contributed by atoms with van der Waals surface area (Å²) in [4.78, 5) is 50.3. The van der Waals surface area contributed by atoms with E-state index in [9.17, 15) is 19.5 Å². The number of carbonyl (C=O) groups excluding carboxylic acids is 3. The average Bonchev–Trinajstić information content (AvgIpc) is 3.90. The van der Waals surface area contributed by atoms with E-state index < -0.39 is 53.7 Å². The summed E-state index contributed by atoms with van der Waals surface area (Å²) in [5.74, 6) is -1.16. The largest absolute Gasteiger partial charge is 0.458 e. The lowest BCUT2D eigenvalue weighted by atomic mass is 9.62. The van der Waals surface area contributed by atoms with Crippen LogP contribution in [0.2, 0.25) is 0 Å². The number of esters is 1. The van der Waals surface area contributed by atoms with E-state index in [0.717, 1.165) is 34.8 Å². The first kappa shape index (κ1) is 27.7. The third-order valence-corrected chi connectivity index (χ3v) is 11.4. The second kappa shape index (κ2) is 10.1. The van der Waals surface area contributed by atoms with E-state index in [4.69, 9.17) is 19.0 Å². The minimum atomic E-state index is -1.28. The molecule has 7 fully saturated rings. The highest BCUT2D eigenvalue weighted by Crippen LogP contribution is 2.64. The second-order valence-corrected chi connectivity index (χ2v) is 14.1. The number of benzene rings is 1. The fourth-order valence-electron chi connectivity index (χ4n) is 8.29. The number of fused-ring (bicyclic) bond motifs is 4. The van der Waals surface area contributed by atoms with E-state index in [2.05, 4.69) is 27.9 Å². The van der Waals surface area contributed by atoms with Gasteiger partial charge in [-0.3, -0.25) is 19.2 Å². The van der Waals surface area contributed by atoms with Crippen LogP contribution in [0.4, 0.5) is 0 Å². The number of halogens is 1. The maximum absolute atomic E-state index is 14.9. The van der Waals surface area contributed by atoms with Gasteiger partial charge in [-0.1, -0.05) is 18.2 Å². The molecule has 8 rings (SSSR count). The van der Waals surface area contributed by atoms with Crippen LogP contribution < -0.4 is 5.32 Å². The number of hydrogen-bond acceptors (Lipinski definition) is 9. The molecule has 0 radical (unpaired) electrons.